The highest BCUT2D eigenvalue weighted by Crippen LogP contribution is 2.51. The lowest BCUT2D eigenvalue weighted by molar-refractivity contribution is -0.142. The number of ether oxygens (including phenoxy) is 1. The van der Waals surface area contributed by atoms with Crippen LogP contribution in [-0.4, -0.2) is 350 Å². The Labute approximate surface area is 465 Å². The molecule has 1 aromatic carbocycles. The van der Waals surface area contributed by atoms with Gasteiger partial charge < -0.3 is 4.74 Å². The minimum atomic E-state index is -1.16. The van der Waals surface area contributed by atoms with E-state index in [1.54, 1.807) is 0 Å². The Balaban J connectivity index is 0.000000421. The van der Waals surface area contributed by atoms with E-state index in [2.05, 4.69) is 0 Å². The molecule has 0 spiro atoms. The van der Waals surface area contributed by atoms with E-state index >= 15 is 57.5 Å². The molecular formula is C45H46N24O14. The van der Waals surface area contributed by atoms with Gasteiger partial charge in [0.1, 0.15) is 86.6 Å². The maximum atomic E-state index is 15.1. The first-order valence-corrected chi connectivity index (χ1v) is 27.1. The van der Waals surface area contributed by atoms with Crippen LogP contribution < -0.4 is 0 Å². The first-order valence-electron chi connectivity index (χ1n) is 27.1. The standard InChI is InChI=1S/C36H36N24O12.C9H10O2/c61-25-37-1-38-14-16-42(26(38)62)4-46-18-20-50(30(46)66)8-54-22-24-58(34(54)70)11-57-23-21-53(33(57)69)7-49-19-17-45(29(49)65)3-41(25)15-13(37)39-2-40(14)28(64)44(16)6-48(18)32(68)52(20)10-56(22)36(72)60(24)12-59(23)35(71)55(21)9-51(19)31(67)47(17)5-43(15)27(39)63;1-8(10)11-7-9-5-3-2-4-6-9/h13-24H,1-12H2;2-6H,7H2,1H3. The van der Waals surface area contributed by atoms with E-state index in [1.165, 1.54) is 125 Å². The topological polar surface area (TPSA) is 309 Å². The Morgan fingerprint density at radius 3 is 0.530 bits per heavy atom. The van der Waals surface area contributed by atoms with E-state index in [9.17, 15) is 4.79 Å². The van der Waals surface area contributed by atoms with Gasteiger partial charge in [-0.2, -0.15) is 0 Å². The molecule has 0 aliphatic carbocycles. The maximum absolute atomic E-state index is 15.1. The van der Waals surface area contributed by atoms with E-state index in [0.29, 0.717) is 6.61 Å². The van der Waals surface area contributed by atoms with Crippen LogP contribution in [0.2, 0.25) is 0 Å². The molecule has 0 bridgehead atoms. The molecule has 430 valence electrons. The molecule has 18 saturated heterocycles. The Kier molecular flexibility index (Phi) is 7.88. The van der Waals surface area contributed by atoms with Gasteiger partial charge in [0.15, 0.2) is 74.0 Å². The molecule has 83 heavy (non-hydrogen) atoms. The fourth-order valence-electron chi connectivity index (χ4n) is 16.8. The Hall–Kier alpha value is -10.1. The number of hydrogen-bond donors (Lipinski definition) is 0. The molecule has 18 heterocycles. The van der Waals surface area contributed by atoms with Crippen molar-refractivity contribution >= 4 is 78.3 Å². The van der Waals surface area contributed by atoms with Crippen molar-refractivity contribution in [3.63, 3.8) is 0 Å². The lowest BCUT2D eigenvalue weighted by Gasteiger charge is -2.42. The zero-order valence-corrected chi connectivity index (χ0v) is 43.5. The third kappa shape index (κ3) is 4.94. The molecule has 18 fully saturated rings. The van der Waals surface area contributed by atoms with Gasteiger partial charge in [0.25, 0.3) is 0 Å². The van der Waals surface area contributed by atoms with Gasteiger partial charge in [0.2, 0.25) is 0 Å². The van der Waals surface area contributed by atoms with Gasteiger partial charge in [-0.05, 0) is 5.56 Å². The summed E-state index contributed by atoms with van der Waals surface area (Å²) >= 11 is 0. The number of nitrogens with zero attached hydrogens (tertiary/aromatic N) is 24. The van der Waals surface area contributed by atoms with E-state index in [0.717, 1.165) is 5.56 Å². The summed E-state index contributed by atoms with van der Waals surface area (Å²) in [5.74, 6) is -0.242. The Morgan fingerprint density at radius 2 is 0.410 bits per heavy atom. The molecule has 24 amide bonds. The van der Waals surface area contributed by atoms with Crippen LogP contribution in [0, 0.1) is 0 Å². The molecule has 38 heteroatoms. The molecule has 0 atom stereocenters. The molecule has 38 nitrogen and oxygen atoms in total. The van der Waals surface area contributed by atoms with Crippen molar-refractivity contribution in [2.24, 2.45) is 0 Å². The molecule has 0 N–H and O–H groups in total. The smallest absolute Gasteiger partial charge is 0.326 e. The third-order valence-electron chi connectivity index (χ3n) is 20.1. The van der Waals surface area contributed by atoms with Crippen molar-refractivity contribution in [3.8, 4) is 0 Å². The van der Waals surface area contributed by atoms with Crippen LogP contribution in [0.25, 0.3) is 0 Å². The van der Waals surface area contributed by atoms with Gasteiger partial charge in [0.05, 0.1) is 0 Å². The largest absolute Gasteiger partial charge is 0.461 e. The highest BCUT2D eigenvalue weighted by atomic mass is 16.5. The summed E-state index contributed by atoms with van der Waals surface area (Å²) in [5.41, 5.74) is 1.02. The van der Waals surface area contributed by atoms with E-state index in [-0.39, 0.29) is 5.97 Å². The van der Waals surface area contributed by atoms with Crippen molar-refractivity contribution in [1.29, 1.82) is 0 Å². The molecule has 0 aromatic heterocycles. The number of amides is 24. The molecule has 0 saturated carbocycles. The van der Waals surface area contributed by atoms with Gasteiger partial charge in [-0.25, -0.2) is 57.5 Å². The average Bonchev–Trinajstić information content (AvgIpc) is 1.91. The molecule has 19 rings (SSSR count). The van der Waals surface area contributed by atoms with Crippen molar-refractivity contribution < 1.29 is 67.1 Å². The van der Waals surface area contributed by atoms with E-state index in [4.69, 9.17) is 4.74 Å². The van der Waals surface area contributed by atoms with Crippen LogP contribution in [-0.2, 0) is 16.1 Å². The summed E-state index contributed by atoms with van der Waals surface area (Å²) in [6, 6.07) is 1.70. The van der Waals surface area contributed by atoms with Crippen molar-refractivity contribution in [2.45, 2.75) is 87.5 Å². The third-order valence-corrected chi connectivity index (χ3v) is 20.1. The molecule has 0 radical (unpaired) electrons. The predicted molar refractivity (Wildman–Crippen MR) is 255 cm³/mol. The van der Waals surface area contributed by atoms with Gasteiger partial charge >= 0.3 is 78.3 Å². The molecular weight excluding hydrogens is 1100 g/mol. The number of esters is 1. The number of carbonyl (C=O) groups excluding carboxylic acids is 13. The summed E-state index contributed by atoms with van der Waals surface area (Å²) in [5, 5.41) is 0. The average molecular weight is 1150 g/mol. The van der Waals surface area contributed by atoms with E-state index in [1.807, 2.05) is 30.3 Å². The summed E-state index contributed by atoms with van der Waals surface area (Å²) in [6.45, 7) is -3.71. The molecule has 1 aromatic rings. The monoisotopic (exact) mass is 1150 g/mol. The zero-order chi connectivity index (χ0) is 56.3. The molecule has 18 aliphatic heterocycles. The molecule has 0 unspecified atom stereocenters. The fourth-order valence-corrected chi connectivity index (χ4v) is 16.8. The van der Waals surface area contributed by atoms with Gasteiger partial charge in [-0.3, -0.25) is 122 Å². The minimum Gasteiger partial charge on any atom is -0.461 e. The first kappa shape index (κ1) is 45.6. The number of benzene rings is 1. The number of carbonyl (C=O) groups is 13. The highest BCUT2D eigenvalue weighted by Gasteiger charge is 2.76. The van der Waals surface area contributed by atoms with Crippen LogP contribution in [0.3, 0.4) is 0 Å². The van der Waals surface area contributed by atoms with Crippen LogP contribution >= 0.6 is 0 Å². The number of hydrogen-bond acceptors (Lipinski definition) is 14. The van der Waals surface area contributed by atoms with Crippen molar-refractivity contribution in [3.05, 3.63) is 35.9 Å². The van der Waals surface area contributed by atoms with Crippen LogP contribution in [0.1, 0.15) is 12.5 Å². The minimum absolute atomic E-state index is 0.242. The zero-order valence-electron chi connectivity index (χ0n) is 43.5. The van der Waals surface area contributed by atoms with Gasteiger partial charge in [0, 0.05) is 6.92 Å². The number of rotatable bonds is 2. The SMILES string of the molecule is CC(=O)OCc1ccccc1.O=C1N2CN3C(=O)N4CN5C(=O)N6CN7C(=O)N8CN9C(=O)N%10CN%11C(=O)N%12CN1C1C2N2CN%13C(=O)N(CN%14C(=O)N(CN%15C(=O)N(CN%16C(=O)N(CN%17C(=O)N(CN1C2=O)C%12C%11%17)C%10C9%16)C8C7%15)C6C5%14)C4C3%13. The van der Waals surface area contributed by atoms with Crippen LogP contribution in [0.5, 0.6) is 0 Å². The Morgan fingerprint density at radius 1 is 0.277 bits per heavy atom. The van der Waals surface area contributed by atoms with Crippen LogP contribution in [0.4, 0.5) is 57.5 Å². The lowest BCUT2D eigenvalue weighted by Crippen LogP contribution is -2.63. The summed E-state index contributed by atoms with van der Waals surface area (Å²) < 4.78 is 4.79. The normalized spacial score (nSPS) is 36.2. The van der Waals surface area contributed by atoms with Gasteiger partial charge in [-0.1, -0.05) is 30.3 Å². The fraction of sp³-hybridized carbons (Fsp3) is 0.578. The first-order chi connectivity index (χ1) is 40.0. The van der Waals surface area contributed by atoms with E-state index < -0.39 is 226 Å². The second-order valence-corrected chi connectivity index (χ2v) is 23.6. The summed E-state index contributed by atoms with van der Waals surface area (Å²) in [6.07, 6.45) is -13.9. The second-order valence-electron chi connectivity index (χ2n) is 23.6. The van der Waals surface area contributed by atoms with Crippen LogP contribution in [0.15, 0.2) is 30.3 Å². The van der Waals surface area contributed by atoms with Gasteiger partial charge in [-0.15, -0.1) is 0 Å². The summed E-state index contributed by atoms with van der Waals surface area (Å²) in [4.78, 5) is 224. The molecule has 18 aliphatic rings. The highest BCUT2D eigenvalue weighted by molar-refractivity contribution is 5.95. The predicted octanol–water partition coefficient (Wildman–Crippen LogP) is -3.91. The quantitative estimate of drug-likeness (QED) is 0.256. The lowest BCUT2D eigenvalue weighted by atomic mass is 10.2. The number of urea groups is 12. The second kappa shape index (κ2) is 14.3. The van der Waals surface area contributed by atoms with Crippen molar-refractivity contribution in [2.75, 3.05) is 80.0 Å². The van der Waals surface area contributed by atoms with Crippen molar-refractivity contribution in [1.82, 2.24) is 118 Å². The summed E-state index contributed by atoms with van der Waals surface area (Å²) in [7, 11) is 0. The Bertz CT molecular complexity index is 2610. The maximum Gasteiger partial charge on any atom is 0.326 e.